The first-order chi connectivity index (χ1) is 12.8. The minimum absolute atomic E-state index is 0.144. The maximum absolute atomic E-state index is 12.3. The number of nitrogens with zero attached hydrogens (tertiary/aromatic N) is 1. The van der Waals surface area contributed by atoms with Crippen molar-refractivity contribution in [3.63, 3.8) is 0 Å². The number of ether oxygens (including phenoxy) is 1. The number of carbonyl (C=O) groups is 2. The largest absolute Gasteiger partial charge is 0.462 e. The number of esters is 1. The predicted molar refractivity (Wildman–Crippen MR) is 103 cm³/mol. The van der Waals surface area contributed by atoms with Gasteiger partial charge in [-0.2, -0.15) is 0 Å². The van der Waals surface area contributed by atoms with Crippen LogP contribution in [0.15, 0.2) is 47.4 Å². The number of hydrogen-bond acceptors (Lipinski definition) is 7. The number of carbonyl (C=O) groups excluding carboxylic acids is 2. The number of aromatic nitrogens is 1. The van der Waals surface area contributed by atoms with E-state index in [2.05, 4.69) is 10.3 Å². The van der Waals surface area contributed by atoms with Crippen LogP contribution in [0.4, 0.5) is 5.13 Å². The van der Waals surface area contributed by atoms with Crippen molar-refractivity contribution in [3.05, 3.63) is 53.6 Å². The summed E-state index contributed by atoms with van der Waals surface area (Å²) in [6.45, 7) is 2.03. The highest BCUT2D eigenvalue weighted by Crippen LogP contribution is 2.27. The molecule has 9 heteroatoms. The van der Waals surface area contributed by atoms with Crippen molar-refractivity contribution in [1.29, 1.82) is 0 Å². The Balaban J connectivity index is 1.79. The highest BCUT2D eigenvalue weighted by atomic mass is 32.2. The van der Waals surface area contributed by atoms with Crippen molar-refractivity contribution in [1.82, 2.24) is 4.98 Å². The van der Waals surface area contributed by atoms with Crippen LogP contribution in [0.3, 0.4) is 0 Å². The molecule has 0 saturated carbocycles. The Bertz CT molecular complexity index is 1120. The number of amides is 1. The smallest absolute Gasteiger partial charge is 0.338 e. The number of fused-ring (bicyclic) bond motifs is 1. The first kappa shape index (κ1) is 19.0. The van der Waals surface area contributed by atoms with Crippen LogP contribution in [-0.4, -0.2) is 38.1 Å². The molecule has 27 heavy (non-hydrogen) atoms. The Morgan fingerprint density at radius 2 is 1.78 bits per heavy atom. The number of sulfone groups is 1. The second-order valence-electron chi connectivity index (χ2n) is 5.67. The van der Waals surface area contributed by atoms with Gasteiger partial charge in [-0.25, -0.2) is 18.2 Å². The lowest BCUT2D eigenvalue weighted by atomic mass is 10.2. The summed E-state index contributed by atoms with van der Waals surface area (Å²) in [5.74, 6) is -0.816. The summed E-state index contributed by atoms with van der Waals surface area (Å²) in [4.78, 5) is 28.6. The molecule has 0 atom stereocenters. The molecule has 0 radical (unpaired) electrons. The lowest BCUT2D eigenvalue weighted by molar-refractivity contribution is 0.0526. The molecule has 0 aliphatic carbocycles. The quantitative estimate of drug-likeness (QED) is 0.656. The van der Waals surface area contributed by atoms with Gasteiger partial charge in [-0.15, -0.1) is 0 Å². The van der Waals surface area contributed by atoms with Gasteiger partial charge in [0.2, 0.25) is 0 Å². The van der Waals surface area contributed by atoms with Crippen molar-refractivity contribution in [2.24, 2.45) is 0 Å². The molecule has 140 valence electrons. The van der Waals surface area contributed by atoms with Crippen LogP contribution in [0, 0.1) is 0 Å². The zero-order valence-electron chi connectivity index (χ0n) is 14.6. The molecular weight excluding hydrogens is 388 g/mol. The van der Waals surface area contributed by atoms with Gasteiger partial charge < -0.3 is 4.74 Å². The van der Waals surface area contributed by atoms with E-state index in [1.807, 2.05) is 0 Å². The molecule has 1 amide bonds. The van der Waals surface area contributed by atoms with Crippen LogP contribution in [0.2, 0.25) is 0 Å². The highest BCUT2D eigenvalue weighted by Gasteiger charge is 2.14. The molecular formula is C18H16N2O5S2. The van der Waals surface area contributed by atoms with Gasteiger partial charge in [-0.1, -0.05) is 11.3 Å². The van der Waals surface area contributed by atoms with Crippen molar-refractivity contribution in [2.75, 3.05) is 18.2 Å². The topological polar surface area (TPSA) is 102 Å². The maximum atomic E-state index is 12.3. The van der Waals surface area contributed by atoms with Gasteiger partial charge in [-0.05, 0) is 49.4 Å². The molecule has 2 aromatic carbocycles. The maximum Gasteiger partial charge on any atom is 0.338 e. The van der Waals surface area contributed by atoms with E-state index >= 15 is 0 Å². The number of benzene rings is 2. The second-order valence-corrected chi connectivity index (χ2v) is 8.72. The number of hydrogen-bond donors (Lipinski definition) is 1. The average Bonchev–Trinajstić information content (AvgIpc) is 3.02. The van der Waals surface area contributed by atoms with Crippen LogP contribution in [0.1, 0.15) is 27.6 Å². The van der Waals surface area contributed by atoms with Crippen LogP contribution >= 0.6 is 11.3 Å². The molecule has 3 rings (SSSR count). The number of nitrogens with one attached hydrogen (secondary N) is 1. The van der Waals surface area contributed by atoms with Gasteiger partial charge in [0.15, 0.2) is 15.0 Å². The van der Waals surface area contributed by atoms with Crippen LogP contribution in [-0.2, 0) is 14.6 Å². The summed E-state index contributed by atoms with van der Waals surface area (Å²) < 4.78 is 28.7. The van der Waals surface area contributed by atoms with Gasteiger partial charge in [0.25, 0.3) is 5.91 Å². The van der Waals surface area contributed by atoms with Crippen molar-refractivity contribution >= 4 is 48.4 Å². The molecule has 7 nitrogen and oxygen atoms in total. The molecule has 1 aromatic heterocycles. The van der Waals surface area contributed by atoms with Gasteiger partial charge in [0.1, 0.15) is 0 Å². The molecule has 0 aliphatic rings. The zero-order chi connectivity index (χ0) is 19.6. The van der Waals surface area contributed by atoms with Crippen molar-refractivity contribution in [3.8, 4) is 0 Å². The van der Waals surface area contributed by atoms with Crippen molar-refractivity contribution < 1.29 is 22.7 Å². The molecule has 0 fully saturated rings. The SMILES string of the molecule is CCOC(=O)c1ccc2nc(NC(=O)c3ccc(S(C)(=O)=O)cc3)sc2c1. The third-order valence-electron chi connectivity index (χ3n) is 3.66. The minimum atomic E-state index is -3.32. The van der Waals surface area contributed by atoms with E-state index in [1.54, 1.807) is 25.1 Å². The Morgan fingerprint density at radius 3 is 2.41 bits per heavy atom. The van der Waals surface area contributed by atoms with E-state index in [1.165, 1.54) is 35.6 Å². The lowest BCUT2D eigenvalue weighted by Gasteiger charge is -2.03. The molecule has 0 spiro atoms. The summed E-state index contributed by atoms with van der Waals surface area (Å²) in [7, 11) is -3.32. The fourth-order valence-corrected chi connectivity index (χ4v) is 3.87. The number of anilines is 1. The molecule has 0 saturated heterocycles. The average molecular weight is 404 g/mol. The summed E-state index contributed by atoms with van der Waals surface area (Å²) in [5, 5.41) is 3.06. The highest BCUT2D eigenvalue weighted by molar-refractivity contribution is 7.90. The van der Waals surface area contributed by atoms with Gasteiger partial charge in [-0.3, -0.25) is 10.1 Å². The standard InChI is InChI=1S/C18H16N2O5S2/c1-3-25-17(22)12-6-9-14-15(10-12)26-18(19-14)20-16(21)11-4-7-13(8-5-11)27(2,23)24/h4-10H,3H2,1-2H3,(H,19,20,21). The normalized spacial score (nSPS) is 11.3. The Morgan fingerprint density at radius 1 is 1.11 bits per heavy atom. The first-order valence-corrected chi connectivity index (χ1v) is 10.7. The summed E-state index contributed by atoms with van der Waals surface area (Å²) >= 11 is 1.23. The fourth-order valence-electron chi connectivity index (χ4n) is 2.34. The van der Waals surface area contributed by atoms with E-state index in [0.29, 0.717) is 28.4 Å². The molecule has 3 aromatic rings. The molecule has 1 heterocycles. The van der Waals surface area contributed by atoms with Gasteiger partial charge in [0, 0.05) is 11.8 Å². The van der Waals surface area contributed by atoms with E-state index in [0.717, 1.165) is 11.0 Å². The van der Waals surface area contributed by atoms with E-state index < -0.39 is 21.7 Å². The van der Waals surface area contributed by atoms with Crippen LogP contribution < -0.4 is 5.32 Å². The number of rotatable bonds is 5. The molecule has 1 N–H and O–H groups in total. The molecule has 0 aliphatic heterocycles. The Labute approximate surface area is 159 Å². The van der Waals surface area contributed by atoms with Gasteiger partial charge >= 0.3 is 5.97 Å². The van der Waals surface area contributed by atoms with E-state index in [4.69, 9.17) is 4.74 Å². The van der Waals surface area contributed by atoms with Gasteiger partial charge in [0.05, 0.1) is 27.3 Å². The monoisotopic (exact) mass is 404 g/mol. The van der Waals surface area contributed by atoms with Crippen LogP contribution in [0.25, 0.3) is 10.2 Å². The van der Waals surface area contributed by atoms with E-state index in [9.17, 15) is 18.0 Å². The first-order valence-electron chi connectivity index (χ1n) is 7.97. The third kappa shape index (κ3) is 4.32. The predicted octanol–water partition coefficient (Wildman–Crippen LogP) is 3.13. The fraction of sp³-hybridized carbons (Fsp3) is 0.167. The molecule has 0 unspecified atom stereocenters. The summed E-state index contributed by atoms with van der Waals surface area (Å²) in [6.07, 6.45) is 1.10. The lowest BCUT2D eigenvalue weighted by Crippen LogP contribution is -2.11. The zero-order valence-corrected chi connectivity index (χ0v) is 16.2. The van der Waals surface area contributed by atoms with Crippen LogP contribution in [0.5, 0.6) is 0 Å². The Hall–Kier alpha value is -2.78. The summed E-state index contributed by atoms with van der Waals surface area (Å²) in [6, 6.07) is 10.6. The Kier molecular flexibility index (Phi) is 5.24. The number of thiazole rings is 1. The van der Waals surface area contributed by atoms with Crippen molar-refractivity contribution in [2.45, 2.75) is 11.8 Å². The minimum Gasteiger partial charge on any atom is -0.462 e. The third-order valence-corrected chi connectivity index (χ3v) is 5.73. The van der Waals surface area contributed by atoms with E-state index in [-0.39, 0.29) is 4.90 Å². The molecule has 0 bridgehead atoms. The summed E-state index contributed by atoms with van der Waals surface area (Å²) in [5.41, 5.74) is 1.38. The second kappa shape index (κ2) is 7.45.